The van der Waals surface area contributed by atoms with E-state index in [1.165, 1.54) is 26.0 Å². The van der Waals surface area contributed by atoms with Crippen molar-refractivity contribution in [3.05, 3.63) is 27.2 Å². The quantitative estimate of drug-likeness (QED) is 0.808. The van der Waals surface area contributed by atoms with Crippen LogP contribution in [0.15, 0.2) is 12.1 Å². The van der Waals surface area contributed by atoms with Crippen LogP contribution < -0.4 is 10.1 Å². The van der Waals surface area contributed by atoms with E-state index in [-0.39, 0.29) is 20.8 Å². The van der Waals surface area contributed by atoms with Crippen molar-refractivity contribution in [1.82, 2.24) is 5.32 Å². The van der Waals surface area contributed by atoms with Crippen molar-refractivity contribution in [2.45, 2.75) is 19.4 Å². The number of carbonyl (C=O) groups is 2. The van der Waals surface area contributed by atoms with Crippen molar-refractivity contribution in [2.75, 3.05) is 6.61 Å². The van der Waals surface area contributed by atoms with Gasteiger partial charge in [-0.15, -0.1) is 0 Å². The van der Waals surface area contributed by atoms with E-state index in [1.807, 2.05) is 0 Å². The third-order valence-electron chi connectivity index (χ3n) is 2.32. The molecule has 0 bridgehead atoms. The van der Waals surface area contributed by atoms with Gasteiger partial charge in [0.05, 0.1) is 15.1 Å². The molecule has 5 nitrogen and oxygen atoms in total. The smallest absolute Gasteiger partial charge is 0.328 e. The summed E-state index contributed by atoms with van der Waals surface area (Å²) in [5.74, 6) is -1.57. The van der Waals surface area contributed by atoms with Crippen molar-refractivity contribution in [2.24, 2.45) is 0 Å². The number of aliphatic carboxylic acids is 1. The lowest BCUT2D eigenvalue weighted by Gasteiger charge is -2.21. The number of ether oxygens (including phenoxy) is 1. The fourth-order valence-corrected chi connectivity index (χ4v) is 1.79. The fraction of sp³-hybridized carbons (Fsp3) is 0.333. The van der Waals surface area contributed by atoms with Crippen molar-refractivity contribution in [3.63, 3.8) is 0 Å². The molecular formula is C12H12Cl3NO4. The number of hydrogen-bond donors (Lipinski definition) is 2. The molecule has 1 amide bonds. The maximum absolute atomic E-state index is 11.6. The second kappa shape index (κ2) is 6.52. The lowest BCUT2D eigenvalue weighted by molar-refractivity contribution is -0.146. The minimum absolute atomic E-state index is 0.185. The molecule has 1 rings (SSSR count). The maximum Gasteiger partial charge on any atom is 0.328 e. The van der Waals surface area contributed by atoms with Crippen LogP contribution in [-0.4, -0.2) is 29.1 Å². The molecule has 0 saturated heterocycles. The van der Waals surface area contributed by atoms with Gasteiger partial charge in [0, 0.05) is 6.07 Å². The Morgan fingerprint density at radius 1 is 1.20 bits per heavy atom. The van der Waals surface area contributed by atoms with Crippen molar-refractivity contribution >= 4 is 46.7 Å². The summed E-state index contributed by atoms with van der Waals surface area (Å²) in [6.45, 7) is 2.33. The monoisotopic (exact) mass is 339 g/mol. The Kier molecular flexibility index (Phi) is 5.50. The van der Waals surface area contributed by atoms with E-state index >= 15 is 0 Å². The summed E-state index contributed by atoms with van der Waals surface area (Å²) in [7, 11) is 0. The van der Waals surface area contributed by atoms with Crippen LogP contribution in [0.3, 0.4) is 0 Å². The molecule has 8 heteroatoms. The first-order valence-electron chi connectivity index (χ1n) is 5.45. The summed E-state index contributed by atoms with van der Waals surface area (Å²) in [5.41, 5.74) is -1.39. The van der Waals surface area contributed by atoms with Gasteiger partial charge >= 0.3 is 5.97 Å². The van der Waals surface area contributed by atoms with Gasteiger partial charge in [-0.05, 0) is 19.9 Å². The summed E-state index contributed by atoms with van der Waals surface area (Å²) >= 11 is 17.4. The van der Waals surface area contributed by atoms with Crippen LogP contribution in [0.5, 0.6) is 5.75 Å². The van der Waals surface area contributed by atoms with E-state index in [2.05, 4.69) is 5.32 Å². The van der Waals surface area contributed by atoms with Gasteiger partial charge in [0.2, 0.25) is 0 Å². The molecule has 2 N–H and O–H groups in total. The maximum atomic E-state index is 11.6. The average Bonchev–Trinajstić information content (AvgIpc) is 2.31. The van der Waals surface area contributed by atoms with Gasteiger partial charge in [0.25, 0.3) is 5.91 Å². The molecule has 0 saturated carbocycles. The Bertz CT molecular complexity index is 546. The standard InChI is InChI=1S/C12H12Cl3NO4/c1-12(2,11(18)19)16-10(17)5-20-9-4-7(14)6(13)3-8(9)15/h3-4H,5H2,1-2H3,(H,16,17)(H,18,19). The first-order valence-corrected chi connectivity index (χ1v) is 6.58. The van der Waals surface area contributed by atoms with Gasteiger partial charge in [-0.1, -0.05) is 34.8 Å². The topological polar surface area (TPSA) is 75.6 Å². The predicted molar refractivity (Wildman–Crippen MR) is 76.8 cm³/mol. The first kappa shape index (κ1) is 16.9. The van der Waals surface area contributed by atoms with E-state index in [4.69, 9.17) is 44.6 Å². The summed E-state index contributed by atoms with van der Waals surface area (Å²) in [6, 6.07) is 2.77. The van der Waals surface area contributed by atoms with Crippen LogP contribution in [0.25, 0.3) is 0 Å². The fourth-order valence-electron chi connectivity index (χ4n) is 1.20. The Balaban J connectivity index is 2.66. The Morgan fingerprint density at radius 2 is 1.75 bits per heavy atom. The van der Waals surface area contributed by atoms with Crippen molar-refractivity contribution < 1.29 is 19.4 Å². The van der Waals surface area contributed by atoms with E-state index < -0.39 is 24.0 Å². The molecule has 0 aromatic heterocycles. The zero-order chi connectivity index (χ0) is 15.5. The predicted octanol–water partition coefficient (Wildman–Crippen LogP) is 3.01. The van der Waals surface area contributed by atoms with Gasteiger partial charge in [-0.3, -0.25) is 4.79 Å². The highest BCUT2D eigenvalue weighted by Gasteiger charge is 2.29. The van der Waals surface area contributed by atoms with E-state index in [1.54, 1.807) is 0 Å². The normalized spacial score (nSPS) is 11.1. The third-order valence-corrected chi connectivity index (χ3v) is 3.34. The molecule has 1 aromatic carbocycles. The Hall–Kier alpha value is -1.17. The number of nitrogens with one attached hydrogen (secondary N) is 1. The lowest BCUT2D eigenvalue weighted by Crippen LogP contribution is -2.51. The van der Waals surface area contributed by atoms with Crippen LogP contribution in [0.2, 0.25) is 15.1 Å². The van der Waals surface area contributed by atoms with Crippen LogP contribution >= 0.6 is 34.8 Å². The molecular weight excluding hydrogens is 328 g/mol. The molecule has 110 valence electrons. The van der Waals surface area contributed by atoms with E-state index in [0.717, 1.165) is 0 Å². The zero-order valence-electron chi connectivity index (χ0n) is 10.7. The minimum Gasteiger partial charge on any atom is -0.482 e. The van der Waals surface area contributed by atoms with Crippen LogP contribution in [0.4, 0.5) is 0 Å². The Labute approximate surface area is 130 Å². The highest BCUT2D eigenvalue weighted by atomic mass is 35.5. The molecule has 0 unspecified atom stereocenters. The van der Waals surface area contributed by atoms with Crippen LogP contribution in [0.1, 0.15) is 13.8 Å². The van der Waals surface area contributed by atoms with Crippen LogP contribution in [-0.2, 0) is 9.59 Å². The van der Waals surface area contributed by atoms with Gasteiger partial charge in [-0.25, -0.2) is 4.79 Å². The number of carboxylic acid groups (broad SMARTS) is 1. The highest BCUT2D eigenvalue weighted by molar-refractivity contribution is 6.43. The SMILES string of the molecule is CC(C)(NC(=O)COc1cc(Cl)c(Cl)cc1Cl)C(=O)O. The molecule has 1 aromatic rings. The van der Waals surface area contributed by atoms with Crippen molar-refractivity contribution in [1.29, 1.82) is 0 Å². The van der Waals surface area contributed by atoms with Gasteiger partial charge in [-0.2, -0.15) is 0 Å². The third kappa shape index (κ3) is 4.44. The van der Waals surface area contributed by atoms with E-state index in [9.17, 15) is 9.59 Å². The molecule has 0 spiro atoms. The first-order chi connectivity index (χ1) is 9.13. The summed E-state index contributed by atoms with van der Waals surface area (Å²) in [4.78, 5) is 22.5. The van der Waals surface area contributed by atoms with Gasteiger partial charge in [0.15, 0.2) is 6.61 Å². The molecule has 0 atom stereocenters. The highest BCUT2D eigenvalue weighted by Crippen LogP contribution is 2.33. The largest absolute Gasteiger partial charge is 0.482 e. The molecule has 20 heavy (non-hydrogen) atoms. The Morgan fingerprint density at radius 3 is 2.30 bits per heavy atom. The summed E-state index contributed by atoms with van der Waals surface area (Å²) in [6.07, 6.45) is 0. The number of carboxylic acids is 1. The van der Waals surface area contributed by atoms with Gasteiger partial charge < -0.3 is 15.2 Å². The number of hydrogen-bond acceptors (Lipinski definition) is 3. The second-order valence-electron chi connectivity index (χ2n) is 4.46. The number of benzene rings is 1. The van der Waals surface area contributed by atoms with Crippen molar-refractivity contribution in [3.8, 4) is 5.75 Å². The molecule has 0 fully saturated rings. The molecule has 0 aliphatic heterocycles. The number of amides is 1. The minimum atomic E-state index is -1.39. The summed E-state index contributed by atoms with van der Waals surface area (Å²) < 4.78 is 5.18. The zero-order valence-corrected chi connectivity index (χ0v) is 12.9. The number of halogens is 3. The van der Waals surface area contributed by atoms with E-state index in [0.29, 0.717) is 0 Å². The number of rotatable bonds is 5. The van der Waals surface area contributed by atoms with Gasteiger partial charge in [0.1, 0.15) is 11.3 Å². The summed E-state index contributed by atoms with van der Waals surface area (Å²) in [5, 5.41) is 11.9. The molecule has 0 aliphatic rings. The van der Waals surface area contributed by atoms with Crippen LogP contribution in [0, 0.1) is 0 Å². The molecule has 0 aliphatic carbocycles. The molecule has 0 radical (unpaired) electrons. The lowest BCUT2D eigenvalue weighted by atomic mass is 10.1. The average molecular weight is 341 g/mol. The second-order valence-corrected chi connectivity index (χ2v) is 5.69. The molecule has 0 heterocycles. The number of carbonyl (C=O) groups excluding carboxylic acids is 1.